The summed E-state index contributed by atoms with van der Waals surface area (Å²) in [6.45, 7) is 3.58. The van der Waals surface area contributed by atoms with Crippen LogP contribution in [0.15, 0.2) is 40.6 Å². The normalized spacial score (nSPS) is 15.9. The Morgan fingerprint density at radius 3 is 2.44 bits per heavy atom. The lowest BCUT2D eigenvalue weighted by molar-refractivity contribution is 0.103. The summed E-state index contributed by atoms with van der Waals surface area (Å²) in [6, 6.07) is 8.54. The summed E-state index contributed by atoms with van der Waals surface area (Å²) in [4.78, 5) is 13.0. The van der Waals surface area contributed by atoms with Crippen LogP contribution in [0.5, 0.6) is 5.75 Å². The smallest absolute Gasteiger partial charge is 0.265 e. The van der Waals surface area contributed by atoms with Gasteiger partial charge in [-0.25, -0.2) is 8.42 Å². The van der Waals surface area contributed by atoms with Crippen LogP contribution in [0, 0.1) is 0 Å². The van der Waals surface area contributed by atoms with Gasteiger partial charge >= 0.3 is 0 Å². The Morgan fingerprint density at radius 1 is 1.15 bits per heavy atom. The van der Waals surface area contributed by atoms with Gasteiger partial charge in [0.05, 0.1) is 16.4 Å². The van der Waals surface area contributed by atoms with E-state index in [1.54, 1.807) is 29.6 Å². The van der Waals surface area contributed by atoms with Crippen molar-refractivity contribution in [3.05, 3.63) is 40.6 Å². The average molecular weight is 409 g/mol. The maximum Gasteiger partial charge on any atom is 0.265 e. The zero-order valence-electron chi connectivity index (χ0n) is 15.3. The molecule has 1 amide bonds. The van der Waals surface area contributed by atoms with Crippen molar-refractivity contribution in [2.24, 2.45) is 0 Å². The molecule has 0 atom stereocenters. The van der Waals surface area contributed by atoms with Crippen molar-refractivity contribution in [1.29, 1.82) is 0 Å². The minimum atomic E-state index is -3.54. The van der Waals surface area contributed by atoms with E-state index in [1.807, 2.05) is 6.92 Å². The van der Waals surface area contributed by atoms with Crippen LogP contribution in [0.3, 0.4) is 0 Å². The van der Waals surface area contributed by atoms with Crippen molar-refractivity contribution in [3.63, 3.8) is 0 Å². The first kappa shape index (κ1) is 19.9. The van der Waals surface area contributed by atoms with Gasteiger partial charge in [-0.15, -0.1) is 11.3 Å². The topological polar surface area (TPSA) is 75.7 Å². The summed E-state index contributed by atoms with van der Waals surface area (Å²) in [5, 5.41) is 4.34. The molecule has 1 fully saturated rings. The van der Waals surface area contributed by atoms with E-state index in [-0.39, 0.29) is 10.8 Å². The lowest BCUT2D eigenvalue weighted by Gasteiger charge is -2.18. The van der Waals surface area contributed by atoms with E-state index in [2.05, 4.69) is 5.32 Å². The number of thiophene rings is 1. The number of nitrogens with zero attached hydrogens (tertiary/aromatic N) is 1. The molecule has 1 N–H and O–H groups in total. The Labute approximate surface area is 164 Å². The third-order valence-corrected chi connectivity index (χ3v) is 7.38. The molecular weight excluding hydrogens is 384 g/mol. The Bertz CT molecular complexity index is 867. The number of hydrogen-bond donors (Lipinski definition) is 1. The van der Waals surface area contributed by atoms with E-state index >= 15 is 0 Å². The van der Waals surface area contributed by atoms with Gasteiger partial charge in [-0.05, 0) is 50.1 Å². The highest BCUT2D eigenvalue weighted by molar-refractivity contribution is 7.89. The summed E-state index contributed by atoms with van der Waals surface area (Å²) < 4.78 is 32.6. The van der Waals surface area contributed by atoms with Crippen molar-refractivity contribution in [3.8, 4) is 5.75 Å². The van der Waals surface area contributed by atoms with Gasteiger partial charge in [-0.1, -0.05) is 12.8 Å². The minimum absolute atomic E-state index is 0.200. The van der Waals surface area contributed by atoms with Gasteiger partial charge in [0.25, 0.3) is 5.91 Å². The maximum atomic E-state index is 12.8. The molecule has 0 radical (unpaired) electrons. The third-order valence-electron chi connectivity index (χ3n) is 4.43. The van der Waals surface area contributed by atoms with Crippen molar-refractivity contribution in [2.75, 3.05) is 25.0 Å². The van der Waals surface area contributed by atoms with Gasteiger partial charge in [0.15, 0.2) is 0 Å². The minimum Gasteiger partial charge on any atom is -0.494 e. The Morgan fingerprint density at radius 2 is 1.81 bits per heavy atom. The molecule has 1 saturated heterocycles. The molecule has 2 heterocycles. The number of sulfonamides is 1. The van der Waals surface area contributed by atoms with Crippen LogP contribution in [0.4, 0.5) is 5.69 Å². The quantitative estimate of drug-likeness (QED) is 0.785. The molecule has 0 bridgehead atoms. The Hall–Kier alpha value is -1.90. The summed E-state index contributed by atoms with van der Waals surface area (Å²) >= 11 is 1.14. The number of ether oxygens (including phenoxy) is 1. The second kappa shape index (κ2) is 8.86. The zero-order chi connectivity index (χ0) is 19.3. The van der Waals surface area contributed by atoms with Gasteiger partial charge in [0.2, 0.25) is 10.0 Å². The highest BCUT2D eigenvalue weighted by atomic mass is 32.2. The van der Waals surface area contributed by atoms with Gasteiger partial charge < -0.3 is 10.1 Å². The van der Waals surface area contributed by atoms with E-state index in [1.165, 1.54) is 10.4 Å². The predicted octanol–water partition coefficient (Wildman–Crippen LogP) is 3.96. The van der Waals surface area contributed by atoms with E-state index in [0.717, 1.165) is 42.8 Å². The van der Waals surface area contributed by atoms with Crippen molar-refractivity contribution < 1.29 is 17.9 Å². The summed E-state index contributed by atoms with van der Waals surface area (Å²) in [5.74, 6) is 0.416. The summed E-state index contributed by atoms with van der Waals surface area (Å²) in [6.07, 6.45) is 3.89. The number of benzene rings is 1. The second-order valence-electron chi connectivity index (χ2n) is 6.38. The van der Waals surface area contributed by atoms with Crippen LogP contribution in [0.1, 0.15) is 42.3 Å². The monoisotopic (exact) mass is 408 g/mol. The predicted molar refractivity (Wildman–Crippen MR) is 107 cm³/mol. The molecule has 0 spiro atoms. The number of rotatable bonds is 6. The molecule has 146 valence electrons. The molecule has 2 aromatic rings. The second-order valence-corrected chi connectivity index (χ2v) is 9.23. The highest BCUT2D eigenvalue weighted by Gasteiger charge is 2.27. The van der Waals surface area contributed by atoms with Crippen LogP contribution >= 0.6 is 11.3 Å². The molecule has 0 saturated carbocycles. The van der Waals surface area contributed by atoms with Crippen molar-refractivity contribution in [2.45, 2.75) is 37.5 Å². The van der Waals surface area contributed by atoms with Gasteiger partial charge in [0, 0.05) is 24.2 Å². The number of anilines is 1. The van der Waals surface area contributed by atoms with Crippen molar-refractivity contribution >= 4 is 33.0 Å². The number of carbonyl (C=O) groups is 1. The Balaban J connectivity index is 1.69. The van der Waals surface area contributed by atoms with Crippen LogP contribution in [-0.4, -0.2) is 38.3 Å². The highest BCUT2D eigenvalue weighted by Crippen LogP contribution is 2.26. The molecule has 1 aromatic carbocycles. The van der Waals surface area contributed by atoms with E-state index < -0.39 is 10.0 Å². The van der Waals surface area contributed by atoms with E-state index in [0.29, 0.717) is 30.3 Å². The molecule has 8 heteroatoms. The molecule has 1 aliphatic heterocycles. The van der Waals surface area contributed by atoms with Crippen LogP contribution in [0.25, 0.3) is 0 Å². The standard InChI is InChI=1S/C19H24N2O4S2/c1-2-25-16-9-7-15(8-10-16)20-19(22)18-13-17(14-26-18)27(23,24)21-11-5-3-4-6-12-21/h7-10,13-14H,2-6,11-12H2,1H3,(H,20,22). The molecule has 6 nitrogen and oxygen atoms in total. The number of hydrogen-bond acceptors (Lipinski definition) is 5. The lowest BCUT2D eigenvalue weighted by atomic mass is 10.2. The fourth-order valence-corrected chi connectivity index (χ4v) is 5.67. The molecule has 0 aliphatic carbocycles. The largest absolute Gasteiger partial charge is 0.494 e. The summed E-state index contributed by atoms with van der Waals surface area (Å²) in [5.41, 5.74) is 0.633. The number of carbonyl (C=O) groups excluding carboxylic acids is 1. The first-order chi connectivity index (χ1) is 13.0. The number of nitrogens with one attached hydrogen (secondary N) is 1. The fourth-order valence-electron chi connectivity index (χ4n) is 3.00. The van der Waals surface area contributed by atoms with Gasteiger partial charge in [-0.2, -0.15) is 4.31 Å². The lowest BCUT2D eigenvalue weighted by Crippen LogP contribution is -2.31. The van der Waals surface area contributed by atoms with Crippen molar-refractivity contribution in [1.82, 2.24) is 4.31 Å². The third kappa shape index (κ3) is 4.88. The van der Waals surface area contributed by atoms with Gasteiger partial charge in [-0.3, -0.25) is 4.79 Å². The fraction of sp³-hybridized carbons (Fsp3) is 0.421. The SMILES string of the molecule is CCOc1ccc(NC(=O)c2cc(S(=O)(=O)N3CCCCCC3)cs2)cc1. The first-order valence-corrected chi connectivity index (χ1v) is 11.5. The van der Waals surface area contributed by atoms with Crippen LogP contribution in [-0.2, 0) is 10.0 Å². The molecule has 1 aromatic heterocycles. The molecule has 3 rings (SSSR count). The number of amides is 1. The van der Waals surface area contributed by atoms with Gasteiger partial charge in [0.1, 0.15) is 5.75 Å². The molecule has 1 aliphatic rings. The maximum absolute atomic E-state index is 12.8. The molecule has 0 unspecified atom stereocenters. The first-order valence-electron chi connectivity index (χ1n) is 9.13. The summed E-state index contributed by atoms with van der Waals surface area (Å²) in [7, 11) is -3.54. The van der Waals surface area contributed by atoms with E-state index in [9.17, 15) is 13.2 Å². The molecular formula is C19H24N2O4S2. The van der Waals surface area contributed by atoms with Crippen LogP contribution in [0.2, 0.25) is 0 Å². The van der Waals surface area contributed by atoms with E-state index in [4.69, 9.17) is 4.74 Å². The van der Waals surface area contributed by atoms with Crippen LogP contribution < -0.4 is 10.1 Å². The average Bonchev–Trinajstić information content (AvgIpc) is 3.00. The molecule has 27 heavy (non-hydrogen) atoms. The zero-order valence-corrected chi connectivity index (χ0v) is 16.9. The Kier molecular flexibility index (Phi) is 6.51.